The molecular weight excluding hydrogens is 200 g/mol. The van der Waals surface area contributed by atoms with Gasteiger partial charge in [0.15, 0.2) is 11.5 Å². The van der Waals surface area contributed by atoms with Gasteiger partial charge in [0.05, 0.1) is 0 Å². The maximum absolute atomic E-state index is 5.48. The van der Waals surface area contributed by atoms with E-state index < -0.39 is 0 Å². The lowest BCUT2D eigenvalue weighted by molar-refractivity contribution is 0.173. The Kier molecular flexibility index (Phi) is 2.26. The Morgan fingerprint density at radius 3 is 2.62 bits per heavy atom. The SMILES string of the molecule is c1ccc(Cc2cccc3c2OCO3)cc1. The van der Waals surface area contributed by atoms with Gasteiger partial charge in [-0.1, -0.05) is 42.5 Å². The van der Waals surface area contributed by atoms with Crippen molar-refractivity contribution in [3.8, 4) is 11.5 Å². The first kappa shape index (κ1) is 9.28. The van der Waals surface area contributed by atoms with Crippen LogP contribution in [0.1, 0.15) is 11.1 Å². The molecule has 0 N–H and O–H groups in total. The maximum Gasteiger partial charge on any atom is 0.231 e. The minimum Gasteiger partial charge on any atom is -0.454 e. The molecule has 0 aliphatic carbocycles. The second-order valence-corrected chi connectivity index (χ2v) is 3.81. The van der Waals surface area contributed by atoms with Crippen LogP contribution in [0.2, 0.25) is 0 Å². The Morgan fingerprint density at radius 1 is 0.875 bits per heavy atom. The van der Waals surface area contributed by atoms with Gasteiger partial charge in [0.2, 0.25) is 6.79 Å². The summed E-state index contributed by atoms with van der Waals surface area (Å²) < 4.78 is 10.8. The molecule has 3 rings (SSSR count). The first-order chi connectivity index (χ1) is 7.93. The molecule has 1 aliphatic rings. The number of para-hydroxylation sites is 1. The summed E-state index contributed by atoms with van der Waals surface area (Å²) in [6.45, 7) is 0.334. The fourth-order valence-corrected chi connectivity index (χ4v) is 1.95. The lowest BCUT2D eigenvalue weighted by atomic mass is 10.0. The van der Waals surface area contributed by atoms with E-state index in [1.165, 1.54) is 11.1 Å². The number of ether oxygens (including phenoxy) is 2. The minimum atomic E-state index is 0.334. The van der Waals surface area contributed by atoms with Gasteiger partial charge in [-0.2, -0.15) is 0 Å². The van der Waals surface area contributed by atoms with Gasteiger partial charge < -0.3 is 9.47 Å². The van der Waals surface area contributed by atoms with Crippen LogP contribution >= 0.6 is 0 Å². The van der Waals surface area contributed by atoms with Crippen LogP contribution in [0.15, 0.2) is 48.5 Å². The molecule has 0 unspecified atom stereocenters. The standard InChI is InChI=1S/C14H12O2/c1-2-5-11(6-3-1)9-12-7-4-8-13-14(12)16-10-15-13/h1-8H,9-10H2. The van der Waals surface area contributed by atoms with E-state index in [0.717, 1.165) is 17.9 Å². The summed E-state index contributed by atoms with van der Waals surface area (Å²) in [6.07, 6.45) is 0.882. The van der Waals surface area contributed by atoms with E-state index in [4.69, 9.17) is 9.47 Å². The van der Waals surface area contributed by atoms with E-state index in [1.54, 1.807) is 0 Å². The van der Waals surface area contributed by atoms with E-state index in [2.05, 4.69) is 30.3 Å². The molecule has 0 bridgehead atoms. The second kappa shape index (κ2) is 3.89. The Hall–Kier alpha value is -1.96. The summed E-state index contributed by atoms with van der Waals surface area (Å²) in [5, 5.41) is 0. The van der Waals surface area contributed by atoms with Gasteiger partial charge in [0.1, 0.15) is 0 Å². The van der Waals surface area contributed by atoms with Gasteiger partial charge in [0.25, 0.3) is 0 Å². The third kappa shape index (κ3) is 1.63. The molecule has 16 heavy (non-hydrogen) atoms. The number of benzene rings is 2. The van der Waals surface area contributed by atoms with E-state index in [-0.39, 0.29) is 0 Å². The van der Waals surface area contributed by atoms with E-state index >= 15 is 0 Å². The van der Waals surface area contributed by atoms with Crippen LogP contribution in [0.25, 0.3) is 0 Å². The third-order valence-electron chi connectivity index (χ3n) is 2.72. The zero-order valence-electron chi connectivity index (χ0n) is 8.85. The summed E-state index contributed by atoms with van der Waals surface area (Å²) in [5.74, 6) is 1.75. The lowest BCUT2D eigenvalue weighted by Crippen LogP contribution is -1.95. The Morgan fingerprint density at radius 2 is 1.75 bits per heavy atom. The fourth-order valence-electron chi connectivity index (χ4n) is 1.95. The van der Waals surface area contributed by atoms with Gasteiger partial charge in [-0.25, -0.2) is 0 Å². The largest absolute Gasteiger partial charge is 0.454 e. The molecular formula is C14H12O2. The lowest BCUT2D eigenvalue weighted by Gasteiger charge is -2.05. The molecule has 0 aromatic heterocycles. The molecule has 2 aromatic carbocycles. The molecule has 0 saturated heterocycles. The molecule has 2 nitrogen and oxygen atoms in total. The quantitative estimate of drug-likeness (QED) is 0.761. The Bertz CT molecular complexity index is 491. The van der Waals surface area contributed by atoms with Crippen LogP contribution in [0.3, 0.4) is 0 Å². The van der Waals surface area contributed by atoms with Crippen molar-refractivity contribution in [2.24, 2.45) is 0 Å². The summed E-state index contributed by atoms with van der Waals surface area (Å²) in [6, 6.07) is 16.4. The van der Waals surface area contributed by atoms with Crippen molar-refractivity contribution >= 4 is 0 Å². The number of fused-ring (bicyclic) bond motifs is 1. The molecule has 0 amide bonds. The van der Waals surface area contributed by atoms with E-state index in [0.29, 0.717) is 6.79 Å². The highest BCUT2D eigenvalue weighted by Gasteiger charge is 2.16. The molecule has 80 valence electrons. The molecule has 0 spiro atoms. The second-order valence-electron chi connectivity index (χ2n) is 3.81. The predicted molar refractivity (Wildman–Crippen MR) is 61.8 cm³/mol. The molecule has 2 heteroatoms. The normalized spacial score (nSPS) is 12.8. The van der Waals surface area contributed by atoms with Crippen LogP contribution in [0.5, 0.6) is 11.5 Å². The van der Waals surface area contributed by atoms with Crippen molar-refractivity contribution in [3.63, 3.8) is 0 Å². The third-order valence-corrected chi connectivity index (χ3v) is 2.72. The molecule has 0 radical (unpaired) electrons. The minimum absolute atomic E-state index is 0.334. The Balaban J connectivity index is 1.94. The summed E-state index contributed by atoms with van der Waals surface area (Å²) in [5.41, 5.74) is 2.47. The smallest absolute Gasteiger partial charge is 0.231 e. The molecule has 0 fully saturated rings. The van der Waals surface area contributed by atoms with Crippen molar-refractivity contribution in [1.29, 1.82) is 0 Å². The topological polar surface area (TPSA) is 18.5 Å². The van der Waals surface area contributed by atoms with Gasteiger partial charge in [-0.15, -0.1) is 0 Å². The average Bonchev–Trinajstić information content (AvgIpc) is 2.80. The van der Waals surface area contributed by atoms with Gasteiger partial charge in [0, 0.05) is 12.0 Å². The van der Waals surface area contributed by atoms with E-state index in [9.17, 15) is 0 Å². The summed E-state index contributed by atoms with van der Waals surface area (Å²) in [7, 11) is 0. The van der Waals surface area contributed by atoms with Crippen LogP contribution in [-0.4, -0.2) is 6.79 Å². The highest BCUT2D eigenvalue weighted by Crippen LogP contribution is 2.36. The van der Waals surface area contributed by atoms with Gasteiger partial charge in [-0.3, -0.25) is 0 Å². The molecule has 1 aliphatic heterocycles. The first-order valence-corrected chi connectivity index (χ1v) is 5.35. The van der Waals surface area contributed by atoms with Gasteiger partial charge >= 0.3 is 0 Å². The van der Waals surface area contributed by atoms with Crippen LogP contribution in [0, 0.1) is 0 Å². The first-order valence-electron chi connectivity index (χ1n) is 5.35. The molecule has 0 atom stereocenters. The van der Waals surface area contributed by atoms with E-state index in [1.807, 2.05) is 18.2 Å². The van der Waals surface area contributed by atoms with Crippen molar-refractivity contribution in [3.05, 3.63) is 59.7 Å². The maximum atomic E-state index is 5.48. The van der Waals surface area contributed by atoms with Crippen LogP contribution in [-0.2, 0) is 6.42 Å². The fraction of sp³-hybridized carbons (Fsp3) is 0.143. The summed E-state index contributed by atoms with van der Waals surface area (Å²) >= 11 is 0. The number of hydrogen-bond donors (Lipinski definition) is 0. The molecule has 0 saturated carbocycles. The summed E-state index contributed by atoms with van der Waals surface area (Å²) in [4.78, 5) is 0. The monoisotopic (exact) mass is 212 g/mol. The van der Waals surface area contributed by atoms with Crippen molar-refractivity contribution in [2.75, 3.05) is 6.79 Å². The van der Waals surface area contributed by atoms with Crippen LogP contribution in [0.4, 0.5) is 0 Å². The molecule has 2 aromatic rings. The predicted octanol–water partition coefficient (Wildman–Crippen LogP) is 3.01. The Labute approximate surface area is 94.4 Å². The van der Waals surface area contributed by atoms with Crippen molar-refractivity contribution in [1.82, 2.24) is 0 Å². The average molecular weight is 212 g/mol. The number of hydrogen-bond acceptors (Lipinski definition) is 2. The molecule has 1 heterocycles. The highest BCUT2D eigenvalue weighted by molar-refractivity contribution is 5.49. The van der Waals surface area contributed by atoms with Gasteiger partial charge in [-0.05, 0) is 11.6 Å². The highest BCUT2D eigenvalue weighted by atomic mass is 16.7. The zero-order chi connectivity index (χ0) is 10.8. The number of rotatable bonds is 2. The van der Waals surface area contributed by atoms with Crippen LogP contribution < -0.4 is 9.47 Å². The van der Waals surface area contributed by atoms with Crippen molar-refractivity contribution in [2.45, 2.75) is 6.42 Å². The zero-order valence-corrected chi connectivity index (χ0v) is 8.85. The van der Waals surface area contributed by atoms with Crippen molar-refractivity contribution < 1.29 is 9.47 Å².